The van der Waals surface area contributed by atoms with Crippen LogP contribution in [0.3, 0.4) is 0 Å². The predicted molar refractivity (Wildman–Crippen MR) is 68.8 cm³/mol. The summed E-state index contributed by atoms with van der Waals surface area (Å²) in [6, 6.07) is 4.99. The van der Waals surface area contributed by atoms with Crippen LogP contribution in [-0.4, -0.2) is 26.8 Å². The monoisotopic (exact) mass is 239 g/mol. The molecule has 1 aromatic carbocycles. The first-order valence-electron chi connectivity index (χ1n) is 6.18. The molecule has 0 aliphatic heterocycles. The minimum atomic E-state index is -0.154. The Morgan fingerprint density at radius 2 is 2.06 bits per heavy atom. The largest absolute Gasteiger partial charge is 0.385 e. The molecule has 0 radical (unpaired) electrons. The summed E-state index contributed by atoms with van der Waals surface area (Å²) in [6.45, 7) is 4.75. The molecule has 17 heavy (non-hydrogen) atoms. The number of nitrogens with one attached hydrogen (secondary N) is 1. The van der Waals surface area contributed by atoms with E-state index in [1.807, 2.05) is 13.0 Å². The van der Waals surface area contributed by atoms with Crippen molar-refractivity contribution in [1.29, 1.82) is 0 Å². The molecule has 0 fully saturated rings. The number of benzene rings is 1. The first kappa shape index (κ1) is 14.1. The summed E-state index contributed by atoms with van der Waals surface area (Å²) in [5.41, 5.74) is 2.25. The van der Waals surface area contributed by atoms with Crippen LogP contribution in [0.5, 0.6) is 0 Å². The number of unbranched alkanes of at least 4 members (excludes halogenated alkanes) is 1. The molecule has 0 atom stereocenters. The van der Waals surface area contributed by atoms with Crippen LogP contribution in [0, 0.1) is 12.7 Å². The van der Waals surface area contributed by atoms with E-state index >= 15 is 0 Å². The molecule has 0 spiro atoms. The van der Waals surface area contributed by atoms with Crippen LogP contribution in [0.4, 0.5) is 4.39 Å². The topological polar surface area (TPSA) is 21.3 Å². The van der Waals surface area contributed by atoms with Gasteiger partial charge in [-0.1, -0.05) is 6.07 Å². The standard InChI is InChI=1S/C14H22FNO/c1-12-11-14(15)6-5-13(12)7-9-16-8-3-4-10-17-2/h5-6,11,16H,3-4,7-10H2,1-2H3. The highest BCUT2D eigenvalue weighted by Crippen LogP contribution is 2.10. The van der Waals surface area contributed by atoms with Crippen LogP contribution in [0.25, 0.3) is 0 Å². The van der Waals surface area contributed by atoms with Crippen molar-refractivity contribution in [3.05, 3.63) is 35.1 Å². The summed E-state index contributed by atoms with van der Waals surface area (Å²) >= 11 is 0. The van der Waals surface area contributed by atoms with Gasteiger partial charge in [0.25, 0.3) is 0 Å². The third-order valence-electron chi connectivity index (χ3n) is 2.83. The Balaban J connectivity index is 2.14. The highest BCUT2D eigenvalue weighted by molar-refractivity contribution is 5.26. The molecule has 0 saturated heterocycles. The normalized spacial score (nSPS) is 10.8. The maximum atomic E-state index is 12.9. The van der Waals surface area contributed by atoms with Crippen molar-refractivity contribution in [2.45, 2.75) is 26.2 Å². The van der Waals surface area contributed by atoms with Gasteiger partial charge in [0.1, 0.15) is 5.82 Å². The number of methoxy groups -OCH3 is 1. The smallest absolute Gasteiger partial charge is 0.123 e. The zero-order valence-electron chi connectivity index (χ0n) is 10.8. The van der Waals surface area contributed by atoms with E-state index in [1.165, 1.54) is 11.6 Å². The molecule has 0 amide bonds. The summed E-state index contributed by atoms with van der Waals surface area (Å²) in [5, 5.41) is 3.39. The Bertz CT molecular complexity index is 328. The van der Waals surface area contributed by atoms with E-state index in [0.29, 0.717) is 0 Å². The van der Waals surface area contributed by atoms with Crippen LogP contribution in [0.2, 0.25) is 0 Å². The van der Waals surface area contributed by atoms with Crippen LogP contribution in [0.15, 0.2) is 18.2 Å². The van der Waals surface area contributed by atoms with Gasteiger partial charge in [-0.2, -0.15) is 0 Å². The molecule has 3 heteroatoms. The van der Waals surface area contributed by atoms with E-state index in [9.17, 15) is 4.39 Å². The van der Waals surface area contributed by atoms with Crippen molar-refractivity contribution >= 4 is 0 Å². The Labute approximate surface area is 103 Å². The third kappa shape index (κ3) is 5.80. The fourth-order valence-electron chi connectivity index (χ4n) is 1.78. The second-order valence-corrected chi connectivity index (χ2v) is 4.27. The third-order valence-corrected chi connectivity index (χ3v) is 2.83. The van der Waals surface area contributed by atoms with Crippen LogP contribution < -0.4 is 5.32 Å². The number of hydrogen-bond acceptors (Lipinski definition) is 2. The maximum Gasteiger partial charge on any atom is 0.123 e. The second kappa shape index (κ2) is 8.20. The molecule has 96 valence electrons. The van der Waals surface area contributed by atoms with Crippen molar-refractivity contribution in [1.82, 2.24) is 5.32 Å². The molecule has 1 rings (SSSR count). The average Bonchev–Trinajstić information content (AvgIpc) is 2.30. The molecule has 0 saturated carbocycles. The average molecular weight is 239 g/mol. The molecule has 1 aromatic rings. The molecule has 0 unspecified atom stereocenters. The fourth-order valence-corrected chi connectivity index (χ4v) is 1.78. The summed E-state index contributed by atoms with van der Waals surface area (Å²) in [6.07, 6.45) is 3.19. The van der Waals surface area contributed by atoms with Gasteiger partial charge >= 0.3 is 0 Å². The van der Waals surface area contributed by atoms with Crippen molar-refractivity contribution in [3.63, 3.8) is 0 Å². The number of aryl methyl sites for hydroxylation is 1. The van der Waals surface area contributed by atoms with Crippen LogP contribution >= 0.6 is 0 Å². The SMILES string of the molecule is COCCCCNCCc1ccc(F)cc1C. The van der Waals surface area contributed by atoms with Gasteiger partial charge in [0, 0.05) is 13.7 Å². The molecule has 0 heterocycles. The zero-order valence-corrected chi connectivity index (χ0v) is 10.8. The van der Waals surface area contributed by atoms with Crippen molar-refractivity contribution in [2.24, 2.45) is 0 Å². The molecule has 0 aromatic heterocycles. The zero-order chi connectivity index (χ0) is 12.5. The summed E-state index contributed by atoms with van der Waals surface area (Å²) in [5.74, 6) is -0.154. The van der Waals surface area contributed by atoms with Crippen molar-refractivity contribution in [2.75, 3.05) is 26.8 Å². The Morgan fingerprint density at radius 1 is 1.24 bits per heavy atom. The lowest BCUT2D eigenvalue weighted by Gasteiger charge is -2.07. The predicted octanol–water partition coefficient (Wildman–Crippen LogP) is 2.69. The van der Waals surface area contributed by atoms with Gasteiger partial charge in [-0.05, 0) is 62.5 Å². The highest BCUT2D eigenvalue weighted by Gasteiger charge is 1.99. The minimum absolute atomic E-state index is 0.154. The van der Waals surface area contributed by atoms with E-state index in [2.05, 4.69) is 5.32 Å². The molecular weight excluding hydrogens is 217 g/mol. The Kier molecular flexibility index (Phi) is 6.82. The van der Waals surface area contributed by atoms with Crippen LogP contribution in [-0.2, 0) is 11.2 Å². The summed E-state index contributed by atoms with van der Waals surface area (Å²) in [7, 11) is 1.73. The summed E-state index contributed by atoms with van der Waals surface area (Å²) < 4.78 is 17.9. The number of rotatable bonds is 8. The van der Waals surface area contributed by atoms with Gasteiger partial charge < -0.3 is 10.1 Å². The summed E-state index contributed by atoms with van der Waals surface area (Å²) in [4.78, 5) is 0. The number of halogens is 1. The Morgan fingerprint density at radius 3 is 2.76 bits per heavy atom. The maximum absolute atomic E-state index is 12.9. The molecule has 2 nitrogen and oxygen atoms in total. The lowest BCUT2D eigenvalue weighted by molar-refractivity contribution is 0.192. The van der Waals surface area contributed by atoms with Gasteiger partial charge in [0.15, 0.2) is 0 Å². The lowest BCUT2D eigenvalue weighted by atomic mass is 10.1. The van der Waals surface area contributed by atoms with Gasteiger partial charge in [-0.3, -0.25) is 0 Å². The van der Waals surface area contributed by atoms with Gasteiger partial charge in [0.05, 0.1) is 0 Å². The first-order valence-corrected chi connectivity index (χ1v) is 6.18. The molecule has 0 aliphatic carbocycles. The first-order chi connectivity index (χ1) is 8.24. The highest BCUT2D eigenvalue weighted by atomic mass is 19.1. The van der Waals surface area contributed by atoms with E-state index in [1.54, 1.807) is 13.2 Å². The Hall–Kier alpha value is -0.930. The lowest BCUT2D eigenvalue weighted by Crippen LogP contribution is -2.19. The van der Waals surface area contributed by atoms with E-state index in [0.717, 1.165) is 44.5 Å². The quantitative estimate of drug-likeness (QED) is 0.704. The molecule has 0 aliphatic rings. The van der Waals surface area contributed by atoms with Gasteiger partial charge in [0.2, 0.25) is 0 Å². The van der Waals surface area contributed by atoms with Crippen molar-refractivity contribution in [3.8, 4) is 0 Å². The van der Waals surface area contributed by atoms with E-state index < -0.39 is 0 Å². The van der Waals surface area contributed by atoms with E-state index in [-0.39, 0.29) is 5.82 Å². The number of ether oxygens (including phenoxy) is 1. The molecule has 1 N–H and O–H groups in total. The molecule has 0 bridgehead atoms. The number of hydrogen-bond donors (Lipinski definition) is 1. The van der Waals surface area contributed by atoms with Crippen LogP contribution in [0.1, 0.15) is 24.0 Å². The van der Waals surface area contributed by atoms with Crippen molar-refractivity contribution < 1.29 is 9.13 Å². The minimum Gasteiger partial charge on any atom is -0.385 e. The van der Waals surface area contributed by atoms with Gasteiger partial charge in [-0.25, -0.2) is 4.39 Å². The van der Waals surface area contributed by atoms with E-state index in [4.69, 9.17) is 4.74 Å². The van der Waals surface area contributed by atoms with Gasteiger partial charge in [-0.15, -0.1) is 0 Å². The fraction of sp³-hybridized carbons (Fsp3) is 0.571. The second-order valence-electron chi connectivity index (χ2n) is 4.27. The molecular formula is C14H22FNO.